The maximum atomic E-state index is 6.08. The van der Waals surface area contributed by atoms with Crippen molar-refractivity contribution >= 4 is 11.3 Å². The number of hydrogen-bond donors (Lipinski definition) is 1. The standard InChI is InChI=1S/C17H24N2OS/c1-17(13-18,19(2)12-16-5-4-10-21-16)11-14-6-8-15(20-3)9-7-14/h4-10H,11-13,18H2,1-3H3. The van der Waals surface area contributed by atoms with E-state index in [0.717, 1.165) is 18.7 Å². The van der Waals surface area contributed by atoms with Crippen molar-refractivity contribution in [1.29, 1.82) is 0 Å². The molecule has 1 atom stereocenters. The van der Waals surface area contributed by atoms with Crippen molar-refractivity contribution < 1.29 is 4.74 Å². The Morgan fingerprint density at radius 3 is 2.48 bits per heavy atom. The van der Waals surface area contributed by atoms with E-state index in [1.54, 1.807) is 18.4 Å². The van der Waals surface area contributed by atoms with Gasteiger partial charge >= 0.3 is 0 Å². The molecule has 2 aromatic rings. The molecule has 0 spiro atoms. The molecule has 0 fully saturated rings. The fraction of sp³-hybridized carbons (Fsp3) is 0.412. The van der Waals surface area contributed by atoms with E-state index in [2.05, 4.69) is 48.5 Å². The van der Waals surface area contributed by atoms with E-state index in [1.807, 2.05) is 12.1 Å². The van der Waals surface area contributed by atoms with Gasteiger partial charge in [-0.2, -0.15) is 0 Å². The monoisotopic (exact) mass is 304 g/mol. The highest BCUT2D eigenvalue weighted by Crippen LogP contribution is 2.23. The molecular weight excluding hydrogens is 280 g/mol. The van der Waals surface area contributed by atoms with Gasteiger partial charge in [-0.25, -0.2) is 0 Å². The van der Waals surface area contributed by atoms with Gasteiger partial charge in [0.25, 0.3) is 0 Å². The predicted octanol–water partition coefficient (Wildman–Crippen LogP) is 3.15. The number of likely N-dealkylation sites (N-methyl/N-ethyl adjacent to an activating group) is 1. The number of nitrogens with zero attached hydrogens (tertiary/aromatic N) is 1. The fourth-order valence-electron chi connectivity index (χ4n) is 2.37. The third-order valence-corrected chi connectivity index (χ3v) is 4.94. The van der Waals surface area contributed by atoms with Gasteiger partial charge in [0, 0.05) is 23.5 Å². The highest BCUT2D eigenvalue weighted by Gasteiger charge is 2.28. The van der Waals surface area contributed by atoms with Crippen LogP contribution in [-0.4, -0.2) is 31.1 Å². The van der Waals surface area contributed by atoms with Gasteiger partial charge in [0.15, 0.2) is 0 Å². The Morgan fingerprint density at radius 1 is 1.24 bits per heavy atom. The van der Waals surface area contributed by atoms with Crippen LogP contribution in [0.15, 0.2) is 41.8 Å². The van der Waals surface area contributed by atoms with Crippen LogP contribution in [0.2, 0.25) is 0 Å². The van der Waals surface area contributed by atoms with Crippen LogP contribution >= 0.6 is 11.3 Å². The molecule has 0 aliphatic heterocycles. The van der Waals surface area contributed by atoms with Gasteiger partial charge in [0.2, 0.25) is 0 Å². The molecule has 3 nitrogen and oxygen atoms in total. The van der Waals surface area contributed by atoms with Crippen molar-refractivity contribution in [3.05, 3.63) is 52.2 Å². The minimum absolute atomic E-state index is 0.0570. The van der Waals surface area contributed by atoms with E-state index in [9.17, 15) is 0 Å². The number of thiophene rings is 1. The number of nitrogens with two attached hydrogens (primary N) is 1. The molecule has 2 rings (SSSR count). The van der Waals surface area contributed by atoms with Crippen molar-refractivity contribution in [2.45, 2.75) is 25.4 Å². The minimum atomic E-state index is -0.0570. The second-order valence-corrected chi connectivity index (χ2v) is 6.69. The predicted molar refractivity (Wildman–Crippen MR) is 89.9 cm³/mol. The molecule has 0 aliphatic rings. The van der Waals surface area contributed by atoms with Gasteiger partial charge < -0.3 is 10.5 Å². The summed E-state index contributed by atoms with van der Waals surface area (Å²) < 4.78 is 5.21. The molecule has 0 saturated heterocycles. The molecule has 114 valence electrons. The largest absolute Gasteiger partial charge is 0.497 e. The Labute approximate surface area is 131 Å². The zero-order valence-electron chi connectivity index (χ0n) is 13.0. The highest BCUT2D eigenvalue weighted by atomic mass is 32.1. The molecule has 1 unspecified atom stereocenters. The number of rotatable bonds is 7. The normalized spacial score (nSPS) is 14.1. The molecule has 0 amide bonds. The zero-order chi connectivity index (χ0) is 15.3. The first kappa shape index (κ1) is 16.0. The van der Waals surface area contributed by atoms with E-state index in [4.69, 9.17) is 10.5 Å². The highest BCUT2D eigenvalue weighted by molar-refractivity contribution is 7.09. The molecule has 1 aromatic carbocycles. The second kappa shape index (κ2) is 7.07. The summed E-state index contributed by atoms with van der Waals surface area (Å²) in [5.74, 6) is 0.889. The van der Waals surface area contributed by atoms with E-state index in [-0.39, 0.29) is 5.54 Å². The number of benzene rings is 1. The van der Waals surface area contributed by atoms with Crippen LogP contribution in [0.1, 0.15) is 17.4 Å². The summed E-state index contributed by atoms with van der Waals surface area (Å²) >= 11 is 1.79. The number of ether oxygens (including phenoxy) is 1. The second-order valence-electron chi connectivity index (χ2n) is 5.66. The van der Waals surface area contributed by atoms with Crippen LogP contribution in [-0.2, 0) is 13.0 Å². The number of methoxy groups -OCH3 is 1. The molecule has 2 N–H and O–H groups in total. The Balaban J connectivity index is 2.08. The summed E-state index contributed by atoms with van der Waals surface area (Å²) in [7, 11) is 3.84. The third kappa shape index (κ3) is 4.06. The van der Waals surface area contributed by atoms with Crippen molar-refractivity contribution in [1.82, 2.24) is 4.90 Å². The molecule has 0 aliphatic carbocycles. The van der Waals surface area contributed by atoms with Gasteiger partial charge in [-0.15, -0.1) is 11.3 Å². The average molecular weight is 304 g/mol. The minimum Gasteiger partial charge on any atom is -0.497 e. The van der Waals surface area contributed by atoms with Crippen LogP contribution in [0.3, 0.4) is 0 Å². The Morgan fingerprint density at radius 2 is 1.95 bits per heavy atom. The molecule has 1 aromatic heterocycles. The van der Waals surface area contributed by atoms with Crippen molar-refractivity contribution in [3.63, 3.8) is 0 Å². The van der Waals surface area contributed by atoms with E-state index in [1.165, 1.54) is 10.4 Å². The van der Waals surface area contributed by atoms with E-state index in [0.29, 0.717) is 6.54 Å². The van der Waals surface area contributed by atoms with Gasteiger partial charge in [0.1, 0.15) is 5.75 Å². The first-order valence-corrected chi connectivity index (χ1v) is 8.02. The zero-order valence-corrected chi connectivity index (χ0v) is 13.8. The molecule has 0 radical (unpaired) electrons. The number of hydrogen-bond acceptors (Lipinski definition) is 4. The van der Waals surface area contributed by atoms with Gasteiger partial charge in [-0.05, 0) is 49.5 Å². The fourth-order valence-corrected chi connectivity index (χ4v) is 3.13. The van der Waals surface area contributed by atoms with Crippen LogP contribution < -0.4 is 10.5 Å². The first-order chi connectivity index (χ1) is 10.1. The first-order valence-electron chi connectivity index (χ1n) is 7.14. The Kier molecular flexibility index (Phi) is 5.39. The van der Waals surface area contributed by atoms with Crippen molar-refractivity contribution in [3.8, 4) is 5.75 Å². The van der Waals surface area contributed by atoms with Gasteiger partial charge in [-0.3, -0.25) is 4.90 Å². The lowest BCUT2D eigenvalue weighted by Gasteiger charge is -2.38. The van der Waals surface area contributed by atoms with Crippen LogP contribution in [0.5, 0.6) is 5.75 Å². The lowest BCUT2D eigenvalue weighted by molar-refractivity contribution is 0.137. The average Bonchev–Trinajstić information content (AvgIpc) is 3.00. The van der Waals surface area contributed by atoms with Crippen LogP contribution in [0, 0.1) is 0 Å². The molecule has 0 saturated carbocycles. The van der Waals surface area contributed by atoms with Crippen LogP contribution in [0.25, 0.3) is 0 Å². The van der Waals surface area contributed by atoms with Crippen LogP contribution in [0.4, 0.5) is 0 Å². The van der Waals surface area contributed by atoms with Crippen molar-refractivity contribution in [2.75, 3.05) is 20.7 Å². The molecule has 21 heavy (non-hydrogen) atoms. The maximum Gasteiger partial charge on any atom is 0.118 e. The topological polar surface area (TPSA) is 38.5 Å². The van der Waals surface area contributed by atoms with Crippen molar-refractivity contribution in [2.24, 2.45) is 5.73 Å². The summed E-state index contributed by atoms with van der Waals surface area (Å²) in [6.45, 7) is 3.78. The summed E-state index contributed by atoms with van der Waals surface area (Å²) in [5.41, 5.74) is 7.30. The third-order valence-electron chi connectivity index (χ3n) is 4.08. The maximum absolute atomic E-state index is 6.08. The van der Waals surface area contributed by atoms with Gasteiger partial charge in [-0.1, -0.05) is 18.2 Å². The molecule has 1 heterocycles. The van der Waals surface area contributed by atoms with E-state index >= 15 is 0 Å². The molecule has 0 bridgehead atoms. The summed E-state index contributed by atoms with van der Waals surface area (Å²) in [5, 5.41) is 2.12. The van der Waals surface area contributed by atoms with E-state index < -0.39 is 0 Å². The summed E-state index contributed by atoms with van der Waals surface area (Å²) in [6, 6.07) is 12.5. The quantitative estimate of drug-likeness (QED) is 0.854. The Hall–Kier alpha value is -1.36. The lowest BCUT2D eigenvalue weighted by atomic mass is 9.91. The Bertz CT molecular complexity index is 538. The summed E-state index contributed by atoms with van der Waals surface area (Å²) in [4.78, 5) is 3.72. The lowest BCUT2D eigenvalue weighted by Crippen LogP contribution is -2.50. The molecular formula is C17H24N2OS. The van der Waals surface area contributed by atoms with Gasteiger partial charge in [0.05, 0.1) is 7.11 Å². The smallest absolute Gasteiger partial charge is 0.118 e. The summed E-state index contributed by atoms with van der Waals surface area (Å²) in [6.07, 6.45) is 0.926. The molecule has 4 heteroatoms. The SMILES string of the molecule is COc1ccc(CC(C)(CN)N(C)Cc2cccs2)cc1.